The summed E-state index contributed by atoms with van der Waals surface area (Å²) in [6, 6.07) is 2.86. The molecular formula is C13H12FIN4O. The predicted molar refractivity (Wildman–Crippen MR) is 81.5 cm³/mol. The minimum atomic E-state index is -0.441. The third kappa shape index (κ3) is 3.21. The average Bonchev–Trinajstić information content (AvgIpc) is 2.41. The molecule has 1 heterocycles. The first kappa shape index (κ1) is 14.6. The molecule has 0 atom stereocenters. The van der Waals surface area contributed by atoms with E-state index in [-0.39, 0.29) is 12.5 Å². The molecule has 0 bridgehead atoms. The smallest absolute Gasteiger partial charge is 0.254 e. The molecule has 104 valence electrons. The van der Waals surface area contributed by atoms with E-state index in [1.807, 2.05) is 22.6 Å². The fraction of sp³-hybridized carbons (Fsp3) is 0.154. The molecule has 7 heteroatoms. The number of hydrogen-bond acceptors (Lipinski definition) is 4. The second kappa shape index (κ2) is 6.12. The molecule has 3 N–H and O–H groups in total. The molecule has 0 saturated carbocycles. The Labute approximate surface area is 129 Å². The number of aromatic nitrogens is 2. The summed E-state index contributed by atoms with van der Waals surface area (Å²) in [4.78, 5) is 19.7. The van der Waals surface area contributed by atoms with Crippen LogP contribution in [0.15, 0.2) is 24.7 Å². The Morgan fingerprint density at radius 1 is 1.50 bits per heavy atom. The molecule has 0 aliphatic heterocycles. The zero-order valence-corrected chi connectivity index (χ0v) is 12.8. The van der Waals surface area contributed by atoms with Gasteiger partial charge in [-0.3, -0.25) is 4.79 Å². The number of aryl methyl sites for hydroxylation is 1. The van der Waals surface area contributed by atoms with Crippen molar-refractivity contribution in [1.82, 2.24) is 15.3 Å². The van der Waals surface area contributed by atoms with Gasteiger partial charge in [-0.1, -0.05) is 0 Å². The first-order valence-electron chi connectivity index (χ1n) is 5.77. The van der Waals surface area contributed by atoms with Gasteiger partial charge in [-0.05, 0) is 41.6 Å². The number of nitrogens with one attached hydrogen (secondary N) is 1. The first-order valence-corrected chi connectivity index (χ1v) is 6.85. The zero-order chi connectivity index (χ0) is 14.7. The predicted octanol–water partition coefficient (Wildman–Crippen LogP) is 2.04. The number of amides is 1. The van der Waals surface area contributed by atoms with E-state index in [0.717, 1.165) is 3.57 Å². The molecule has 20 heavy (non-hydrogen) atoms. The van der Waals surface area contributed by atoms with Crippen LogP contribution in [0.5, 0.6) is 0 Å². The molecule has 0 radical (unpaired) electrons. The second-order valence-electron chi connectivity index (χ2n) is 4.17. The standard InChI is InChI=1S/C13H12FIN4O/c1-7-9(5-17-6-19-7)13(20)18-4-8-2-11(15)12(16)3-10(8)14/h2-3,5-6H,4,16H2,1H3,(H,18,20). The van der Waals surface area contributed by atoms with Gasteiger partial charge in [-0.25, -0.2) is 14.4 Å². The van der Waals surface area contributed by atoms with Crippen molar-refractivity contribution in [2.24, 2.45) is 0 Å². The number of nitrogens with zero attached hydrogens (tertiary/aromatic N) is 2. The molecule has 1 amide bonds. The molecule has 2 aromatic rings. The maximum atomic E-state index is 13.7. The van der Waals surface area contributed by atoms with E-state index in [9.17, 15) is 9.18 Å². The van der Waals surface area contributed by atoms with Gasteiger partial charge in [0, 0.05) is 27.6 Å². The summed E-state index contributed by atoms with van der Waals surface area (Å²) in [5.41, 5.74) is 7.31. The van der Waals surface area contributed by atoms with E-state index in [1.54, 1.807) is 13.0 Å². The van der Waals surface area contributed by atoms with Gasteiger partial charge in [-0.15, -0.1) is 0 Å². The van der Waals surface area contributed by atoms with Gasteiger partial charge in [0.05, 0.1) is 11.3 Å². The Morgan fingerprint density at radius 3 is 2.95 bits per heavy atom. The highest BCUT2D eigenvalue weighted by Crippen LogP contribution is 2.19. The van der Waals surface area contributed by atoms with E-state index in [4.69, 9.17) is 5.73 Å². The van der Waals surface area contributed by atoms with Crippen LogP contribution in [-0.4, -0.2) is 15.9 Å². The summed E-state index contributed by atoms with van der Waals surface area (Å²) in [6.45, 7) is 1.79. The van der Waals surface area contributed by atoms with Gasteiger partial charge in [0.15, 0.2) is 0 Å². The molecule has 0 aliphatic rings. The average molecular weight is 386 g/mol. The van der Waals surface area contributed by atoms with Gasteiger partial charge < -0.3 is 11.1 Å². The Morgan fingerprint density at radius 2 is 2.25 bits per heavy atom. The van der Waals surface area contributed by atoms with Crippen molar-refractivity contribution in [3.8, 4) is 0 Å². The van der Waals surface area contributed by atoms with Crippen LogP contribution in [0.4, 0.5) is 10.1 Å². The fourth-order valence-electron chi connectivity index (χ4n) is 1.62. The number of benzene rings is 1. The van der Waals surface area contributed by atoms with E-state index in [1.165, 1.54) is 18.6 Å². The molecule has 2 rings (SSSR count). The molecule has 0 aliphatic carbocycles. The van der Waals surface area contributed by atoms with Crippen LogP contribution in [0.25, 0.3) is 0 Å². The lowest BCUT2D eigenvalue weighted by molar-refractivity contribution is 0.0949. The number of rotatable bonds is 3. The quantitative estimate of drug-likeness (QED) is 0.625. The van der Waals surface area contributed by atoms with Gasteiger partial charge >= 0.3 is 0 Å². The van der Waals surface area contributed by atoms with Crippen molar-refractivity contribution < 1.29 is 9.18 Å². The molecule has 1 aromatic carbocycles. The van der Waals surface area contributed by atoms with Gasteiger partial charge in [0.2, 0.25) is 0 Å². The highest BCUT2D eigenvalue weighted by Gasteiger charge is 2.12. The van der Waals surface area contributed by atoms with Crippen LogP contribution >= 0.6 is 22.6 Å². The lowest BCUT2D eigenvalue weighted by Crippen LogP contribution is -2.24. The van der Waals surface area contributed by atoms with E-state index >= 15 is 0 Å². The van der Waals surface area contributed by atoms with Gasteiger partial charge in [0.1, 0.15) is 12.1 Å². The van der Waals surface area contributed by atoms with Crippen LogP contribution in [0.1, 0.15) is 21.6 Å². The Balaban J connectivity index is 2.12. The summed E-state index contributed by atoms with van der Waals surface area (Å²) in [7, 11) is 0. The van der Waals surface area contributed by atoms with Crippen molar-refractivity contribution in [2.45, 2.75) is 13.5 Å². The number of halogens is 2. The minimum absolute atomic E-state index is 0.0787. The van der Waals surface area contributed by atoms with Crippen molar-refractivity contribution in [2.75, 3.05) is 5.73 Å². The van der Waals surface area contributed by atoms with Crippen LogP contribution in [-0.2, 0) is 6.54 Å². The summed E-state index contributed by atoms with van der Waals surface area (Å²) in [5.74, 6) is -0.779. The molecule has 5 nitrogen and oxygen atoms in total. The third-order valence-electron chi connectivity index (χ3n) is 2.76. The van der Waals surface area contributed by atoms with E-state index < -0.39 is 5.82 Å². The molecule has 0 unspecified atom stereocenters. The summed E-state index contributed by atoms with van der Waals surface area (Å²) >= 11 is 2.02. The van der Waals surface area contributed by atoms with E-state index in [2.05, 4.69) is 15.3 Å². The zero-order valence-electron chi connectivity index (χ0n) is 10.7. The summed E-state index contributed by atoms with van der Waals surface area (Å²) in [6.07, 6.45) is 2.80. The topological polar surface area (TPSA) is 80.9 Å². The van der Waals surface area contributed by atoms with Crippen molar-refractivity contribution in [1.29, 1.82) is 0 Å². The Hall–Kier alpha value is -1.77. The lowest BCUT2D eigenvalue weighted by Gasteiger charge is -2.09. The molecule has 0 fully saturated rings. The first-order chi connectivity index (χ1) is 9.49. The van der Waals surface area contributed by atoms with Crippen LogP contribution in [0.3, 0.4) is 0 Å². The molecule has 0 spiro atoms. The summed E-state index contributed by atoms with van der Waals surface area (Å²) in [5, 5.41) is 2.64. The number of carbonyl (C=O) groups is 1. The van der Waals surface area contributed by atoms with Crippen LogP contribution < -0.4 is 11.1 Å². The highest BCUT2D eigenvalue weighted by atomic mass is 127. The number of nitrogens with two attached hydrogens (primary N) is 1. The largest absolute Gasteiger partial charge is 0.398 e. The molecule has 0 saturated heterocycles. The second-order valence-corrected chi connectivity index (χ2v) is 5.33. The normalized spacial score (nSPS) is 10.3. The fourth-order valence-corrected chi connectivity index (χ4v) is 2.15. The highest BCUT2D eigenvalue weighted by molar-refractivity contribution is 14.1. The molecule has 1 aromatic heterocycles. The number of carbonyl (C=O) groups excluding carboxylic acids is 1. The SMILES string of the molecule is Cc1ncncc1C(=O)NCc1cc(I)c(N)cc1F. The molecular weight excluding hydrogens is 374 g/mol. The monoisotopic (exact) mass is 386 g/mol. The van der Waals surface area contributed by atoms with Crippen molar-refractivity contribution in [3.63, 3.8) is 0 Å². The third-order valence-corrected chi connectivity index (χ3v) is 3.70. The lowest BCUT2D eigenvalue weighted by atomic mass is 10.1. The van der Waals surface area contributed by atoms with Gasteiger partial charge in [-0.2, -0.15) is 0 Å². The Kier molecular flexibility index (Phi) is 4.48. The van der Waals surface area contributed by atoms with Crippen LogP contribution in [0.2, 0.25) is 0 Å². The van der Waals surface area contributed by atoms with Crippen LogP contribution in [0, 0.1) is 16.3 Å². The Bertz CT molecular complexity index is 663. The summed E-state index contributed by atoms with van der Waals surface area (Å²) < 4.78 is 14.4. The number of hydrogen-bond donors (Lipinski definition) is 2. The maximum Gasteiger partial charge on any atom is 0.254 e. The minimum Gasteiger partial charge on any atom is -0.398 e. The number of nitrogen functional groups attached to an aromatic ring is 1. The van der Waals surface area contributed by atoms with E-state index in [0.29, 0.717) is 22.5 Å². The van der Waals surface area contributed by atoms with Crippen molar-refractivity contribution >= 4 is 34.2 Å². The number of anilines is 1. The maximum absolute atomic E-state index is 13.7. The van der Waals surface area contributed by atoms with Crippen molar-refractivity contribution in [3.05, 3.63) is 50.9 Å². The van der Waals surface area contributed by atoms with Gasteiger partial charge in [0.25, 0.3) is 5.91 Å².